The molecule has 0 aromatic carbocycles. The minimum atomic E-state index is -0.799. The molecule has 1 fully saturated rings. The Balaban J connectivity index is 2.14. The molecule has 0 aliphatic carbocycles. The maximum atomic E-state index is 11.4. The summed E-state index contributed by atoms with van der Waals surface area (Å²) in [5.74, 6) is -1.43. The predicted molar refractivity (Wildman–Crippen MR) is 64.7 cm³/mol. The molecule has 5 heteroatoms. The molecule has 1 saturated heterocycles. The summed E-state index contributed by atoms with van der Waals surface area (Å²) in [5, 5.41) is 0. The molecule has 0 aromatic heterocycles. The van der Waals surface area contributed by atoms with E-state index in [1.165, 1.54) is 13.2 Å². The number of cyclic esters (lactones) is 1. The minimum Gasteiger partial charge on any atom is -0.466 e. The van der Waals surface area contributed by atoms with Gasteiger partial charge in [-0.2, -0.15) is 0 Å². The first-order valence-corrected chi connectivity index (χ1v) is 6.10. The molecular weight excluding hydrogens is 236 g/mol. The second-order valence-corrected chi connectivity index (χ2v) is 4.64. The van der Waals surface area contributed by atoms with Crippen LogP contribution in [0.25, 0.3) is 0 Å². The van der Waals surface area contributed by atoms with Crippen molar-refractivity contribution < 1.29 is 23.8 Å². The van der Waals surface area contributed by atoms with Crippen molar-refractivity contribution in [2.45, 2.75) is 51.4 Å². The number of ether oxygens (including phenoxy) is 3. The first kappa shape index (κ1) is 14.7. The van der Waals surface area contributed by atoms with Gasteiger partial charge in [-0.3, -0.25) is 0 Å². The van der Waals surface area contributed by atoms with Crippen LogP contribution in [-0.4, -0.2) is 30.9 Å². The fourth-order valence-electron chi connectivity index (χ4n) is 1.74. The highest BCUT2D eigenvalue weighted by molar-refractivity contribution is 5.81. The number of hydrogen-bond donors (Lipinski definition) is 0. The fourth-order valence-corrected chi connectivity index (χ4v) is 1.74. The molecule has 1 aliphatic rings. The molecular formula is C13H20O5. The Hall–Kier alpha value is -1.36. The zero-order valence-corrected chi connectivity index (χ0v) is 11.1. The highest BCUT2D eigenvalue weighted by Gasteiger charge is 2.40. The van der Waals surface area contributed by atoms with E-state index in [1.807, 2.05) is 0 Å². The summed E-state index contributed by atoms with van der Waals surface area (Å²) < 4.78 is 15.0. The predicted octanol–water partition coefficient (Wildman–Crippen LogP) is 1.95. The third-order valence-corrected chi connectivity index (χ3v) is 2.58. The fraction of sp³-hybridized carbons (Fsp3) is 0.692. The van der Waals surface area contributed by atoms with E-state index in [9.17, 15) is 9.59 Å². The van der Waals surface area contributed by atoms with Gasteiger partial charge in [0.05, 0.1) is 7.11 Å². The van der Waals surface area contributed by atoms with Crippen molar-refractivity contribution in [1.29, 1.82) is 0 Å². The Morgan fingerprint density at radius 1 is 1.44 bits per heavy atom. The summed E-state index contributed by atoms with van der Waals surface area (Å²) in [6, 6.07) is 0. The number of esters is 2. The average Bonchev–Trinajstić information content (AvgIpc) is 2.56. The number of allylic oxidation sites excluding steroid dienone is 1. The van der Waals surface area contributed by atoms with E-state index in [1.54, 1.807) is 19.9 Å². The van der Waals surface area contributed by atoms with Crippen LogP contribution < -0.4 is 0 Å². The van der Waals surface area contributed by atoms with Crippen LogP contribution in [-0.2, 0) is 23.8 Å². The van der Waals surface area contributed by atoms with Crippen molar-refractivity contribution in [2.75, 3.05) is 7.11 Å². The molecule has 102 valence electrons. The van der Waals surface area contributed by atoms with Crippen molar-refractivity contribution >= 4 is 11.9 Å². The summed E-state index contributed by atoms with van der Waals surface area (Å²) in [6.07, 6.45) is 5.88. The van der Waals surface area contributed by atoms with Gasteiger partial charge in [0.1, 0.15) is 0 Å². The van der Waals surface area contributed by atoms with Gasteiger partial charge in [0, 0.05) is 19.9 Å². The average molecular weight is 256 g/mol. The van der Waals surface area contributed by atoms with Gasteiger partial charge >= 0.3 is 11.9 Å². The lowest BCUT2D eigenvalue weighted by Crippen LogP contribution is -2.21. The SMILES string of the molecule is COC(=O)C=CCCCCC1OC(C)(C)OC1=O. The van der Waals surface area contributed by atoms with Gasteiger partial charge in [-0.1, -0.05) is 6.08 Å². The second kappa shape index (κ2) is 6.54. The molecule has 0 saturated carbocycles. The van der Waals surface area contributed by atoms with Gasteiger partial charge < -0.3 is 14.2 Å². The van der Waals surface area contributed by atoms with E-state index in [4.69, 9.17) is 9.47 Å². The smallest absolute Gasteiger partial charge is 0.337 e. The summed E-state index contributed by atoms with van der Waals surface area (Å²) >= 11 is 0. The van der Waals surface area contributed by atoms with Crippen molar-refractivity contribution in [3.05, 3.63) is 12.2 Å². The van der Waals surface area contributed by atoms with Gasteiger partial charge in [-0.25, -0.2) is 9.59 Å². The number of rotatable bonds is 6. The molecule has 5 nitrogen and oxygen atoms in total. The van der Waals surface area contributed by atoms with E-state index >= 15 is 0 Å². The van der Waals surface area contributed by atoms with Gasteiger partial charge in [-0.15, -0.1) is 0 Å². The number of carbonyl (C=O) groups is 2. The molecule has 0 bridgehead atoms. The highest BCUT2D eigenvalue weighted by atomic mass is 16.8. The lowest BCUT2D eigenvalue weighted by atomic mass is 10.1. The Morgan fingerprint density at radius 2 is 2.17 bits per heavy atom. The molecule has 0 spiro atoms. The van der Waals surface area contributed by atoms with E-state index in [0.29, 0.717) is 6.42 Å². The van der Waals surface area contributed by atoms with Gasteiger partial charge in [0.2, 0.25) is 5.79 Å². The van der Waals surface area contributed by atoms with Crippen LogP contribution >= 0.6 is 0 Å². The van der Waals surface area contributed by atoms with Crippen molar-refractivity contribution in [2.24, 2.45) is 0 Å². The zero-order valence-electron chi connectivity index (χ0n) is 11.1. The van der Waals surface area contributed by atoms with Crippen LogP contribution in [0.5, 0.6) is 0 Å². The molecule has 1 heterocycles. The van der Waals surface area contributed by atoms with Crippen LogP contribution in [0.4, 0.5) is 0 Å². The summed E-state index contributed by atoms with van der Waals surface area (Å²) in [6.45, 7) is 3.45. The van der Waals surface area contributed by atoms with Crippen LogP contribution in [0.2, 0.25) is 0 Å². The molecule has 1 rings (SSSR count). The number of carbonyl (C=O) groups excluding carboxylic acids is 2. The van der Waals surface area contributed by atoms with Crippen molar-refractivity contribution in [3.63, 3.8) is 0 Å². The van der Waals surface area contributed by atoms with Crippen molar-refractivity contribution in [1.82, 2.24) is 0 Å². The standard InChI is InChI=1S/C13H20O5/c1-13(2)17-10(12(15)18-13)8-6-4-5-7-9-11(14)16-3/h7,9-10H,4-6,8H2,1-3H3. The second-order valence-electron chi connectivity index (χ2n) is 4.64. The molecule has 0 radical (unpaired) electrons. The van der Waals surface area contributed by atoms with Gasteiger partial charge in [0.15, 0.2) is 6.10 Å². The third-order valence-electron chi connectivity index (χ3n) is 2.58. The first-order valence-electron chi connectivity index (χ1n) is 6.10. The number of unbranched alkanes of at least 4 members (excludes halogenated alkanes) is 2. The summed E-state index contributed by atoms with van der Waals surface area (Å²) in [7, 11) is 1.34. The first-order chi connectivity index (χ1) is 8.44. The van der Waals surface area contributed by atoms with E-state index in [0.717, 1.165) is 19.3 Å². The lowest BCUT2D eigenvalue weighted by Gasteiger charge is -2.15. The monoisotopic (exact) mass is 256 g/mol. The molecule has 0 amide bonds. The molecule has 1 aliphatic heterocycles. The zero-order chi connectivity index (χ0) is 13.6. The number of hydrogen-bond acceptors (Lipinski definition) is 5. The maximum Gasteiger partial charge on any atom is 0.337 e. The minimum absolute atomic E-state index is 0.287. The molecule has 18 heavy (non-hydrogen) atoms. The Bertz CT molecular complexity index is 332. The molecule has 1 unspecified atom stereocenters. The molecule has 0 N–H and O–H groups in total. The van der Waals surface area contributed by atoms with Crippen LogP contribution in [0.15, 0.2) is 12.2 Å². The summed E-state index contributed by atoms with van der Waals surface area (Å²) in [5.41, 5.74) is 0. The molecule has 1 atom stereocenters. The Morgan fingerprint density at radius 3 is 2.72 bits per heavy atom. The maximum absolute atomic E-state index is 11.4. The lowest BCUT2D eigenvalue weighted by molar-refractivity contribution is -0.160. The van der Waals surface area contributed by atoms with Gasteiger partial charge in [0.25, 0.3) is 0 Å². The Labute approximate surface area is 107 Å². The van der Waals surface area contributed by atoms with Crippen molar-refractivity contribution in [3.8, 4) is 0 Å². The van der Waals surface area contributed by atoms with Crippen LogP contribution in [0.3, 0.4) is 0 Å². The topological polar surface area (TPSA) is 61.8 Å². The third kappa shape index (κ3) is 4.87. The largest absolute Gasteiger partial charge is 0.466 e. The van der Waals surface area contributed by atoms with E-state index < -0.39 is 11.9 Å². The van der Waals surface area contributed by atoms with Crippen LogP contribution in [0.1, 0.15) is 39.5 Å². The Kier molecular flexibility index (Phi) is 5.34. The van der Waals surface area contributed by atoms with E-state index in [2.05, 4.69) is 4.74 Å². The molecule has 0 aromatic rings. The highest BCUT2D eigenvalue weighted by Crippen LogP contribution is 2.26. The summed E-state index contributed by atoms with van der Waals surface area (Å²) in [4.78, 5) is 22.2. The number of methoxy groups -OCH3 is 1. The van der Waals surface area contributed by atoms with Gasteiger partial charge in [-0.05, 0) is 25.7 Å². The quantitative estimate of drug-likeness (QED) is 0.413. The normalized spacial score (nSPS) is 22.2. The van der Waals surface area contributed by atoms with E-state index in [-0.39, 0.29) is 11.9 Å². The van der Waals surface area contributed by atoms with Crippen LogP contribution in [0, 0.1) is 0 Å².